The summed E-state index contributed by atoms with van der Waals surface area (Å²) in [6.45, 7) is 5.56. The first-order valence-electron chi connectivity index (χ1n) is 8.60. The van der Waals surface area contributed by atoms with Crippen LogP contribution in [0.1, 0.15) is 30.7 Å². The molecule has 1 saturated heterocycles. The number of carbonyl (C=O) groups excluding carboxylic acids is 1. The fourth-order valence-corrected chi connectivity index (χ4v) is 3.91. The molecule has 1 aliphatic rings. The Kier molecular flexibility index (Phi) is 4.00. The van der Waals surface area contributed by atoms with Crippen molar-refractivity contribution in [2.45, 2.75) is 32.7 Å². The van der Waals surface area contributed by atoms with E-state index in [0.29, 0.717) is 18.0 Å². The van der Waals surface area contributed by atoms with E-state index >= 15 is 0 Å². The van der Waals surface area contributed by atoms with Gasteiger partial charge in [-0.15, -0.1) is 0 Å². The predicted molar refractivity (Wildman–Crippen MR) is 101 cm³/mol. The predicted octanol–water partition coefficient (Wildman–Crippen LogP) is 4.54. The minimum Gasteiger partial charge on any atom is -0.328 e. The lowest BCUT2D eigenvalue weighted by atomic mass is 10.1. The van der Waals surface area contributed by atoms with E-state index in [1.807, 2.05) is 48.2 Å². The van der Waals surface area contributed by atoms with E-state index in [-0.39, 0.29) is 11.8 Å². The summed E-state index contributed by atoms with van der Waals surface area (Å²) in [6.07, 6.45) is 0.481. The molecule has 2 heterocycles. The van der Waals surface area contributed by atoms with Gasteiger partial charge in [0.25, 0.3) is 0 Å². The number of anilines is 1. The van der Waals surface area contributed by atoms with Crippen molar-refractivity contribution in [1.82, 2.24) is 9.55 Å². The molecule has 5 heteroatoms. The molecule has 0 bridgehead atoms. The van der Waals surface area contributed by atoms with E-state index in [1.54, 1.807) is 0 Å². The monoisotopic (exact) mass is 353 g/mol. The van der Waals surface area contributed by atoms with Gasteiger partial charge in [-0.1, -0.05) is 29.8 Å². The summed E-state index contributed by atoms with van der Waals surface area (Å²) in [5.41, 5.74) is 3.97. The molecule has 3 aromatic rings. The molecule has 1 amide bonds. The molecular weight excluding hydrogens is 334 g/mol. The molecule has 0 aliphatic carbocycles. The summed E-state index contributed by atoms with van der Waals surface area (Å²) in [5, 5.41) is 0.689. The minimum atomic E-state index is 0.0956. The standard InChI is InChI=1S/C20H20ClN3O/c1-3-23-18-9-5-4-8-16(18)22-20(23)14-11-19(25)24(12-14)17-10-6-7-15(21)13(17)2/h4-10,14H,3,11-12H2,1-2H3/t14-/m0/s1. The van der Waals surface area contributed by atoms with Gasteiger partial charge in [-0.25, -0.2) is 4.98 Å². The van der Waals surface area contributed by atoms with Gasteiger partial charge in [0, 0.05) is 36.1 Å². The number of hydrogen-bond donors (Lipinski definition) is 0. The number of halogens is 1. The van der Waals surface area contributed by atoms with Crippen LogP contribution in [0.5, 0.6) is 0 Å². The average molecular weight is 354 g/mol. The van der Waals surface area contributed by atoms with Gasteiger partial charge >= 0.3 is 0 Å². The van der Waals surface area contributed by atoms with Gasteiger partial charge in [-0.05, 0) is 43.7 Å². The van der Waals surface area contributed by atoms with Crippen LogP contribution in [0.15, 0.2) is 42.5 Å². The maximum atomic E-state index is 12.7. The van der Waals surface area contributed by atoms with Crippen LogP contribution in [-0.4, -0.2) is 22.0 Å². The number of amides is 1. The highest BCUT2D eigenvalue weighted by molar-refractivity contribution is 6.31. The first kappa shape index (κ1) is 16.2. The largest absolute Gasteiger partial charge is 0.328 e. The van der Waals surface area contributed by atoms with Crippen LogP contribution in [0.3, 0.4) is 0 Å². The molecule has 128 valence electrons. The molecule has 0 unspecified atom stereocenters. The maximum absolute atomic E-state index is 12.7. The number of rotatable bonds is 3. The highest BCUT2D eigenvalue weighted by atomic mass is 35.5. The van der Waals surface area contributed by atoms with Gasteiger partial charge < -0.3 is 9.47 Å². The summed E-state index contributed by atoms with van der Waals surface area (Å²) in [4.78, 5) is 19.4. The Balaban J connectivity index is 1.72. The van der Waals surface area contributed by atoms with Gasteiger partial charge in [0.1, 0.15) is 5.82 Å². The van der Waals surface area contributed by atoms with E-state index in [0.717, 1.165) is 34.7 Å². The molecule has 1 fully saturated rings. The Morgan fingerprint density at radius 2 is 2.00 bits per heavy atom. The normalized spacial score (nSPS) is 17.6. The number of carbonyl (C=O) groups is 1. The number of hydrogen-bond acceptors (Lipinski definition) is 2. The van der Waals surface area contributed by atoms with Crippen LogP contribution < -0.4 is 4.90 Å². The number of aryl methyl sites for hydroxylation is 1. The summed E-state index contributed by atoms with van der Waals surface area (Å²) in [7, 11) is 0. The van der Waals surface area contributed by atoms with Crippen molar-refractivity contribution < 1.29 is 4.79 Å². The molecule has 0 radical (unpaired) electrons. The van der Waals surface area contributed by atoms with E-state index < -0.39 is 0 Å². The second-order valence-electron chi connectivity index (χ2n) is 6.49. The number of imidazole rings is 1. The van der Waals surface area contributed by atoms with Crippen LogP contribution in [0.4, 0.5) is 5.69 Å². The minimum absolute atomic E-state index is 0.0956. The van der Waals surface area contributed by atoms with Crippen molar-refractivity contribution in [2.75, 3.05) is 11.4 Å². The second kappa shape index (κ2) is 6.19. The molecule has 1 aromatic heterocycles. The summed E-state index contributed by atoms with van der Waals surface area (Å²) in [5.74, 6) is 1.22. The molecule has 4 rings (SSSR count). The lowest BCUT2D eigenvalue weighted by Crippen LogP contribution is -2.25. The van der Waals surface area contributed by atoms with Crippen LogP contribution in [0, 0.1) is 6.92 Å². The topological polar surface area (TPSA) is 38.1 Å². The third-order valence-electron chi connectivity index (χ3n) is 5.02. The average Bonchev–Trinajstić information content (AvgIpc) is 3.17. The van der Waals surface area contributed by atoms with Gasteiger partial charge in [0.2, 0.25) is 5.91 Å². The number of aromatic nitrogens is 2. The molecule has 0 saturated carbocycles. The van der Waals surface area contributed by atoms with Crippen molar-refractivity contribution >= 4 is 34.2 Å². The molecule has 2 aromatic carbocycles. The third-order valence-corrected chi connectivity index (χ3v) is 5.43. The van der Waals surface area contributed by atoms with E-state index in [4.69, 9.17) is 16.6 Å². The Morgan fingerprint density at radius 1 is 1.20 bits per heavy atom. The molecule has 4 nitrogen and oxygen atoms in total. The second-order valence-corrected chi connectivity index (χ2v) is 6.90. The number of para-hydroxylation sites is 2. The summed E-state index contributed by atoms with van der Waals surface area (Å²) in [6, 6.07) is 13.9. The van der Waals surface area contributed by atoms with E-state index in [2.05, 4.69) is 17.6 Å². The molecule has 0 spiro atoms. The summed E-state index contributed by atoms with van der Waals surface area (Å²) >= 11 is 6.24. The van der Waals surface area contributed by atoms with Gasteiger partial charge in [-0.3, -0.25) is 4.79 Å². The fraction of sp³-hybridized carbons (Fsp3) is 0.300. The van der Waals surface area contributed by atoms with Crippen molar-refractivity contribution in [3.63, 3.8) is 0 Å². The van der Waals surface area contributed by atoms with Crippen molar-refractivity contribution in [3.8, 4) is 0 Å². The van der Waals surface area contributed by atoms with Gasteiger partial charge in [0.15, 0.2) is 0 Å². The molecular formula is C20H20ClN3O. The number of benzene rings is 2. The molecule has 0 N–H and O–H groups in total. The van der Waals surface area contributed by atoms with Crippen molar-refractivity contribution in [1.29, 1.82) is 0 Å². The first-order chi connectivity index (χ1) is 12.1. The van der Waals surface area contributed by atoms with Crippen molar-refractivity contribution in [3.05, 3.63) is 58.9 Å². The fourth-order valence-electron chi connectivity index (χ4n) is 3.74. The lowest BCUT2D eigenvalue weighted by molar-refractivity contribution is -0.117. The molecule has 1 atom stereocenters. The first-order valence-corrected chi connectivity index (χ1v) is 8.98. The zero-order valence-corrected chi connectivity index (χ0v) is 15.1. The van der Waals surface area contributed by atoms with Crippen LogP contribution >= 0.6 is 11.6 Å². The smallest absolute Gasteiger partial charge is 0.227 e. The highest BCUT2D eigenvalue weighted by Gasteiger charge is 2.35. The Hall–Kier alpha value is -2.33. The number of fused-ring (bicyclic) bond motifs is 1. The van der Waals surface area contributed by atoms with E-state index in [9.17, 15) is 4.79 Å². The third kappa shape index (κ3) is 2.61. The summed E-state index contributed by atoms with van der Waals surface area (Å²) < 4.78 is 2.22. The number of nitrogens with zero attached hydrogens (tertiary/aromatic N) is 3. The Bertz CT molecular complexity index is 963. The van der Waals surface area contributed by atoms with Crippen molar-refractivity contribution in [2.24, 2.45) is 0 Å². The Morgan fingerprint density at radius 3 is 2.80 bits per heavy atom. The Labute approximate surface area is 152 Å². The van der Waals surface area contributed by atoms with Gasteiger partial charge in [0.05, 0.1) is 11.0 Å². The molecule has 25 heavy (non-hydrogen) atoms. The van der Waals surface area contributed by atoms with E-state index in [1.165, 1.54) is 0 Å². The highest BCUT2D eigenvalue weighted by Crippen LogP contribution is 2.35. The SMILES string of the molecule is CCn1c([C@H]2CC(=O)N(c3cccc(Cl)c3C)C2)nc2ccccc21. The zero-order valence-electron chi connectivity index (χ0n) is 14.4. The zero-order chi connectivity index (χ0) is 17.6. The quantitative estimate of drug-likeness (QED) is 0.693. The van der Waals surface area contributed by atoms with Crippen LogP contribution in [-0.2, 0) is 11.3 Å². The van der Waals surface area contributed by atoms with Crippen LogP contribution in [0.2, 0.25) is 5.02 Å². The lowest BCUT2D eigenvalue weighted by Gasteiger charge is -2.20. The van der Waals surface area contributed by atoms with Crippen LogP contribution in [0.25, 0.3) is 11.0 Å². The van der Waals surface area contributed by atoms with Gasteiger partial charge in [-0.2, -0.15) is 0 Å². The molecule has 1 aliphatic heterocycles. The maximum Gasteiger partial charge on any atom is 0.227 e.